The lowest BCUT2D eigenvalue weighted by molar-refractivity contribution is -0.385. The number of fused-ring (bicyclic) bond motifs is 1. The summed E-state index contributed by atoms with van der Waals surface area (Å²) in [5.41, 5.74) is 2.58. The highest BCUT2D eigenvalue weighted by Crippen LogP contribution is 2.29. The Bertz CT molecular complexity index is 653. The second-order valence-electron chi connectivity index (χ2n) is 4.81. The molecule has 5 nitrogen and oxygen atoms in total. The van der Waals surface area contributed by atoms with E-state index in [2.05, 4.69) is 30.2 Å². The largest absolute Gasteiger partial charge is 0.370 e. The van der Waals surface area contributed by atoms with Gasteiger partial charge in [0, 0.05) is 18.0 Å². The van der Waals surface area contributed by atoms with Crippen LogP contribution in [-0.2, 0) is 6.42 Å². The Morgan fingerprint density at radius 3 is 2.70 bits per heavy atom. The Morgan fingerprint density at radius 2 is 2.10 bits per heavy atom. The Balaban J connectivity index is 2.62. The maximum Gasteiger partial charge on any atom is 0.274 e. The van der Waals surface area contributed by atoms with E-state index in [1.165, 1.54) is 0 Å². The molecule has 0 saturated carbocycles. The van der Waals surface area contributed by atoms with Crippen molar-refractivity contribution >= 4 is 22.4 Å². The van der Waals surface area contributed by atoms with Gasteiger partial charge in [-0.1, -0.05) is 13.8 Å². The Labute approximate surface area is 118 Å². The molecule has 1 aromatic carbocycles. The molecule has 20 heavy (non-hydrogen) atoms. The first-order valence-corrected chi connectivity index (χ1v) is 6.90. The van der Waals surface area contributed by atoms with Crippen molar-refractivity contribution in [1.82, 2.24) is 4.98 Å². The second kappa shape index (κ2) is 5.86. The lowest BCUT2D eigenvalue weighted by atomic mass is 10.1. The van der Waals surface area contributed by atoms with Crippen LogP contribution < -0.4 is 5.32 Å². The van der Waals surface area contributed by atoms with Crippen molar-refractivity contribution in [2.45, 2.75) is 33.6 Å². The molecule has 0 atom stereocenters. The molecule has 0 saturated heterocycles. The minimum Gasteiger partial charge on any atom is -0.370 e. The van der Waals surface area contributed by atoms with E-state index < -0.39 is 0 Å². The summed E-state index contributed by atoms with van der Waals surface area (Å²) >= 11 is 0. The third kappa shape index (κ3) is 2.57. The highest BCUT2D eigenvalue weighted by Gasteiger charge is 2.15. The maximum absolute atomic E-state index is 11.0. The third-order valence-electron chi connectivity index (χ3n) is 3.41. The predicted molar refractivity (Wildman–Crippen MR) is 81.3 cm³/mol. The van der Waals surface area contributed by atoms with Crippen LogP contribution in [0.5, 0.6) is 0 Å². The standard InChI is InChI=1S/C15H19N3O2/c1-4-8-16-15-11(5-2)9-12-6-7-13(18(19)20)10(3)14(12)17-15/h6-7,9H,4-5,8H2,1-3H3,(H,16,17). The monoisotopic (exact) mass is 273 g/mol. The Morgan fingerprint density at radius 1 is 1.35 bits per heavy atom. The minimum atomic E-state index is -0.358. The van der Waals surface area contributed by atoms with Crippen LogP contribution in [0.2, 0.25) is 0 Å². The lowest BCUT2D eigenvalue weighted by Crippen LogP contribution is -2.06. The van der Waals surface area contributed by atoms with Gasteiger partial charge in [-0.05, 0) is 37.5 Å². The van der Waals surface area contributed by atoms with E-state index in [1.807, 2.05) is 0 Å². The topological polar surface area (TPSA) is 68.1 Å². The summed E-state index contributed by atoms with van der Waals surface area (Å²) in [4.78, 5) is 15.3. The summed E-state index contributed by atoms with van der Waals surface area (Å²) in [5, 5.41) is 15.3. The highest BCUT2D eigenvalue weighted by molar-refractivity contribution is 5.87. The van der Waals surface area contributed by atoms with Gasteiger partial charge in [-0.15, -0.1) is 0 Å². The van der Waals surface area contributed by atoms with Gasteiger partial charge in [-0.25, -0.2) is 4.98 Å². The number of nitro groups is 1. The third-order valence-corrected chi connectivity index (χ3v) is 3.41. The van der Waals surface area contributed by atoms with Gasteiger partial charge >= 0.3 is 0 Å². The van der Waals surface area contributed by atoms with Crippen molar-refractivity contribution in [3.8, 4) is 0 Å². The Kier molecular flexibility index (Phi) is 4.17. The van der Waals surface area contributed by atoms with Crippen LogP contribution in [0.25, 0.3) is 10.9 Å². The smallest absolute Gasteiger partial charge is 0.274 e. The van der Waals surface area contributed by atoms with E-state index >= 15 is 0 Å². The van der Waals surface area contributed by atoms with Crippen LogP contribution in [-0.4, -0.2) is 16.5 Å². The van der Waals surface area contributed by atoms with E-state index in [0.717, 1.165) is 36.2 Å². The molecule has 5 heteroatoms. The molecular formula is C15H19N3O2. The molecule has 1 heterocycles. The molecule has 106 valence electrons. The number of benzene rings is 1. The van der Waals surface area contributed by atoms with Gasteiger partial charge in [0.1, 0.15) is 5.82 Å². The number of hydrogen-bond donors (Lipinski definition) is 1. The van der Waals surface area contributed by atoms with E-state index in [1.54, 1.807) is 19.1 Å². The number of aryl methyl sites for hydroxylation is 2. The average molecular weight is 273 g/mol. The van der Waals surface area contributed by atoms with Crippen molar-refractivity contribution in [2.75, 3.05) is 11.9 Å². The van der Waals surface area contributed by atoms with Crippen molar-refractivity contribution in [1.29, 1.82) is 0 Å². The van der Waals surface area contributed by atoms with Crippen molar-refractivity contribution in [3.05, 3.63) is 39.4 Å². The first kappa shape index (κ1) is 14.2. The fourth-order valence-corrected chi connectivity index (χ4v) is 2.28. The number of nitrogens with one attached hydrogen (secondary N) is 1. The number of anilines is 1. The zero-order valence-corrected chi connectivity index (χ0v) is 12.1. The number of nitrogens with zero attached hydrogens (tertiary/aromatic N) is 2. The average Bonchev–Trinajstić information content (AvgIpc) is 2.44. The molecule has 2 rings (SSSR count). The molecular weight excluding hydrogens is 254 g/mol. The van der Waals surface area contributed by atoms with E-state index in [0.29, 0.717) is 11.1 Å². The van der Waals surface area contributed by atoms with Gasteiger partial charge in [-0.3, -0.25) is 10.1 Å². The molecule has 0 spiro atoms. The van der Waals surface area contributed by atoms with Crippen molar-refractivity contribution in [3.63, 3.8) is 0 Å². The number of rotatable bonds is 5. The molecule has 2 aromatic rings. The van der Waals surface area contributed by atoms with Crippen LogP contribution in [0.15, 0.2) is 18.2 Å². The number of hydrogen-bond acceptors (Lipinski definition) is 4. The quantitative estimate of drug-likeness (QED) is 0.664. The van der Waals surface area contributed by atoms with E-state index in [4.69, 9.17) is 0 Å². The fraction of sp³-hybridized carbons (Fsp3) is 0.400. The van der Waals surface area contributed by atoms with E-state index in [9.17, 15) is 10.1 Å². The molecule has 0 aliphatic carbocycles. The molecule has 0 bridgehead atoms. The van der Waals surface area contributed by atoms with Crippen LogP contribution in [0.4, 0.5) is 11.5 Å². The molecule has 0 aliphatic rings. The molecule has 0 radical (unpaired) electrons. The van der Waals surface area contributed by atoms with Crippen LogP contribution in [0.3, 0.4) is 0 Å². The summed E-state index contributed by atoms with van der Waals surface area (Å²) in [5.74, 6) is 0.838. The van der Waals surface area contributed by atoms with Gasteiger partial charge in [0.25, 0.3) is 5.69 Å². The molecule has 0 fully saturated rings. The lowest BCUT2D eigenvalue weighted by Gasteiger charge is -2.12. The fourth-order valence-electron chi connectivity index (χ4n) is 2.28. The summed E-state index contributed by atoms with van der Waals surface area (Å²) in [6, 6.07) is 5.39. The predicted octanol–water partition coefficient (Wildman–Crippen LogP) is 3.84. The summed E-state index contributed by atoms with van der Waals surface area (Å²) < 4.78 is 0. The summed E-state index contributed by atoms with van der Waals surface area (Å²) in [7, 11) is 0. The van der Waals surface area contributed by atoms with Crippen LogP contribution in [0, 0.1) is 17.0 Å². The molecule has 1 N–H and O–H groups in total. The van der Waals surface area contributed by atoms with Gasteiger partial charge in [0.2, 0.25) is 0 Å². The number of pyridine rings is 1. The minimum absolute atomic E-state index is 0.121. The van der Waals surface area contributed by atoms with Gasteiger partial charge in [0.15, 0.2) is 0 Å². The summed E-state index contributed by atoms with van der Waals surface area (Å²) in [6.45, 7) is 6.77. The summed E-state index contributed by atoms with van der Waals surface area (Å²) in [6.07, 6.45) is 1.89. The molecule has 0 amide bonds. The van der Waals surface area contributed by atoms with Crippen molar-refractivity contribution < 1.29 is 4.92 Å². The number of aromatic nitrogens is 1. The SMILES string of the molecule is CCCNc1nc2c(C)c([N+](=O)[O-])ccc2cc1CC. The first-order valence-electron chi connectivity index (χ1n) is 6.90. The first-order chi connectivity index (χ1) is 9.58. The molecule has 1 aromatic heterocycles. The van der Waals surface area contributed by atoms with Crippen LogP contribution in [0.1, 0.15) is 31.4 Å². The second-order valence-corrected chi connectivity index (χ2v) is 4.81. The van der Waals surface area contributed by atoms with Gasteiger partial charge in [-0.2, -0.15) is 0 Å². The van der Waals surface area contributed by atoms with Crippen LogP contribution >= 0.6 is 0 Å². The zero-order valence-electron chi connectivity index (χ0n) is 12.1. The van der Waals surface area contributed by atoms with Gasteiger partial charge in [0.05, 0.1) is 16.0 Å². The number of nitro benzene ring substituents is 1. The normalized spacial score (nSPS) is 10.8. The van der Waals surface area contributed by atoms with E-state index in [-0.39, 0.29) is 10.6 Å². The Hall–Kier alpha value is -2.17. The van der Waals surface area contributed by atoms with Crippen molar-refractivity contribution in [2.24, 2.45) is 0 Å². The molecule has 0 unspecified atom stereocenters. The zero-order chi connectivity index (χ0) is 14.7. The van der Waals surface area contributed by atoms with Gasteiger partial charge < -0.3 is 5.32 Å². The molecule has 0 aliphatic heterocycles. The highest BCUT2D eigenvalue weighted by atomic mass is 16.6. The maximum atomic E-state index is 11.0.